The molecule has 1 fully saturated rings. The van der Waals surface area contributed by atoms with Gasteiger partial charge in [-0.05, 0) is 61.2 Å². The van der Waals surface area contributed by atoms with Crippen molar-refractivity contribution in [3.8, 4) is 0 Å². The van der Waals surface area contributed by atoms with Crippen LogP contribution in [0.2, 0.25) is 0 Å². The second kappa shape index (κ2) is 10.1. The quantitative estimate of drug-likeness (QED) is 0.321. The molecular weight excluding hydrogens is 402 g/mol. The van der Waals surface area contributed by atoms with Crippen molar-refractivity contribution in [2.24, 2.45) is 5.11 Å². The van der Waals surface area contributed by atoms with Crippen molar-refractivity contribution < 1.29 is 9.47 Å². The topological polar surface area (TPSA) is 73.7 Å². The summed E-state index contributed by atoms with van der Waals surface area (Å²) in [7, 11) is 8.05. The summed E-state index contributed by atoms with van der Waals surface area (Å²) in [6, 6.07) is 16.1. The molecule has 7 nitrogen and oxygen atoms in total. The van der Waals surface area contributed by atoms with Crippen LogP contribution in [0.3, 0.4) is 0 Å². The minimum atomic E-state index is -0.764. The van der Waals surface area contributed by atoms with Gasteiger partial charge in [-0.2, -0.15) is 0 Å². The van der Waals surface area contributed by atoms with Gasteiger partial charge in [0, 0.05) is 44.5 Å². The predicted molar refractivity (Wildman–Crippen MR) is 131 cm³/mol. The molecule has 0 aliphatic carbocycles. The molecule has 1 aliphatic heterocycles. The first-order valence-electron chi connectivity index (χ1n) is 10.8. The molecule has 0 N–H and O–H groups in total. The smallest absolute Gasteiger partial charge is 0.164 e. The Morgan fingerprint density at radius 2 is 1.69 bits per heavy atom. The van der Waals surface area contributed by atoms with Gasteiger partial charge < -0.3 is 19.3 Å². The molecule has 0 aromatic heterocycles. The number of ether oxygens (including phenoxy) is 2. The Kier molecular flexibility index (Phi) is 7.46. The van der Waals surface area contributed by atoms with Crippen LogP contribution in [0.25, 0.3) is 16.5 Å². The number of hydrogen-bond acceptors (Lipinski definition) is 5. The Labute approximate surface area is 190 Å². The zero-order chi connectivity index (χ0) is 23.3. The zero-order valence-corrected chi connectivity index (χ0v) is 19.8. The van der Waals surface area contributed by atoms with Crippen molar-refractivity contribution in [1.82, 2.24) is 0 Å². The van der Waals surface area contributed by atoms with Gasteiger partial charge in [-0.25, -0.2) is 0 Å². The average molecular weight is 436 g/mol. The van der Waals surface area contributed by atoms with Gasteiger partial charge in [0.25, 0.3) is 0 Å². The predicted octanol–water partition coefficient (Wildman–Crippen LogP) is 5.27. The van der Waals surface area contributed by atoms with E-state index >= 15 is 0 Å². The molecule has 0 radical (unpaired) electrons. The van der Waals surface area contributed by atoms with Crippen molar-refractivity contribution in [1.29, 1.82) is 0 Å². The fraction of sp³-hybridized carbons (Fsp3) is 0.440. The molecule has 0 amide bonds. The Balaban J connectivity index is 1.85. The molecule has 1 saturated heterocycles. The molecule has 0 saturated carbocycles. The van der Waals surface area contributed by atoms with Gasteiger partial charge in [0.1, 0.15) is 6.10 Å². The van der Waals surface area contributed by atoms with Gasteiger partial charge in [0.15, 0.2) is 5.79 Å². The summed E-state index contributed by atoms with van der Waals surface area (Å²) in [4.78, 5) is 7.24. The van der Waals surface area contributed by atoms with Crippen LogP contribution in [0.1, 0.15) is 25.0 Å². The summed E-state index contributed by atoms with van der Waals surface area (Å²) in [5.41, 5.74) is 13.6. The van der Waals surface area contributed by atoms with Gasteiger partial charge in [-0.3, -0.25) is 0 Å². The molecule has 3 atom stereocenters. The Morgan fingerprint density at radius 1 is 1.03 bits per heavy atom. The first-order valence-corrected chi connectivity index (χ1v) is 10.8. The van der Waals surface area contributed by atoms with Crippen LogP contribution in [0.15, 0.2) is 59.7 Å². The molecule has 1 aliphatic rings. The molecule has 0 bridgehead atoms. The SMILES string of the molecule is CN(C)c1cccc(/C=C/[C@@H]2OC(C)(C)O[C@H]2[C@@H](Cc2cccc(N(C)C)c2)N=[N+]=[N-])c1. The standard InChI is InChI=1S/C25H33N5O2/c1-25(2)31-23(14-13-18-9-7-11-20(15-18)29(3)4)24(32-25)22(27-28-26)17-19-10-8-12-21(16-19)30(5)6/h7-16,22-24H,17H2,1-6H3/b14-13+/t22-,23+,24+/m1/s1. The van der Waals surface area contributed by atoms with E-state index in [9.17, 15) is 5.53 Å². The van der Waals surface area contributed by atoms with Gasteiger partial charge in [0.05, 0.1) is 12.1 Å². The van der Waals surface area contributed by atoms with E-state index in [0.29, 0.717) is 6.42 Å². The molecule has 2 aromatic carbocycles. The van der Waals surface area contributed by atoms with Crippen molar-refractivity contribution in [3.63, 3.8) is 0 Å². The van der Waals surface area contributed by atoms with Crippen LogP contribution in [0.4, 0.5) is 11.4 Å². The van der Waals surface area contributed by atoms with E-state index < -0.39 is 17.9 Å². The van der Waals surface area contributed by atoms with Crippen molar-refractivity contribution in [3.05, 3.63) is 76.2 Å². The maximum absolute atomic E-state index is 9.26. The molecule has 0 spiro atoms. The summed E-state index contributed by atoms with van der Waals surface area (Å²) in [5, 5.41) is 4.11. The fourth-order valence-corrected chi connectivity index (χ4v) is 3.87. The number of azide groups is 1. The second-order valence-corrected chi connectivity index (χ2v) is 8.95. The minimum absolute atomic E-state index is 0.333. The maximum atomic E-state index is 9.26. The summed E-state index contributed by atoms with van der Waals surface area (Å²) < 4.78 is 12.4. The summed E-state index contributed by atoms with van der Waals surface area (Å²) in [6.45, 7) is 3.78. The molecule has 170 valence electrons. The highest BCUT2D eigenvalue weighted by Gasteiger charge is 2.43. The van der Waals surface area contributed by atoms with Crippen LogP contribution in [-0.2, 0) is 15.9 Å². The molecular formula is C25H33N5O2. The van der Waals surface area contributed by atoms with Crippen LogP contribution in [0.5, 0.6) is 0 Å². The highest BCUT2D eigenvalue weighted by atomic mass is 16.8. The maximum Gasteiger partial charge on any atom is 0.164 e. The lowest BCUT2D eigenvalue weighted by Gasteiger charge is -2.23. The molecule has 32 heavy (non-hydrogen) atoms. The molecule has 3 rings (SSSR count). The number of rotatable bonds is 8. The number of benzene rings is 2. The molecule has 1 heterocycles. The third-order valence-electron chi connectivity index (χ3n) is 5.48. The van der Waals surface area contributed by atoms with Crippen LogP contribution >= 0.6 is 0 Å². The highest BCUT2D eigenvalue weighted by Crippen LogP contribution is 2.33. The van der Waals surface area contributed by atoms with Crippen LogP contribution in [-0.4, -0.2) is 52.2 Å². The van der Waals surface area contributed by atoms with E-state index in [1.165, 1.54) is 0 Å². The normalized spacial score (nSPS) is 20.7. The summed E-state index contributed by atoms with van der Waals surface area (Å²) >= 11 is 0. The molecule has 7 heteroatoms. The highest BCUT2D eigenvalue weighted by molar-refractivity contribution is 5.58. The average Bonchev–Trinajstić information content (AvgIpc) is 3.06. The fourth-order valence-electron chi connectivity index (χ4n) is 3.87. The monoisotopic (exact) mass is 435 g/mol. The van der Waals surface area contributed by atoms with E-state index in [1.807, 2.05) is 72.4 Å². The third kappa shape index (κ3) is 6.04. The number of hydrogen-bond donors (Lipinski definition) is 0. The molecule has 2 aromatic rings. The lowest BCUT2D eigenvalue weighted by atomic mass is 9.97. The van der Waals surface area contributed by atoms with E-state index in [1.54, 1.807) is 0 Å². The van der Waals surface area contributed by atoms with Gasteiger partial charge >= 0.3 is 0 Å². The van der Waals surface area contributed by atoms with Crippen molar-refractivity contribution >= 4 is 17.5 Å². The van der Waals surface area contributed by atoms with Gasteiger partial charge in [0.2, 0.25) is 0 Å². The summed E-state index contributed by atoms with van der Waals surface area (Å²) in [6.07, 6.45) is 3.88. The number of anilines is 2. The summed E-state index contributed by atoms with van der Waals surface area (Å²) in [5.74, 6) is -0.764. The van der Waals surface area contributed by atoms with E-state index in [4.69, 9.17) is 9.47 Å². The first kappa shape index (κ1) is 23.7. The Hall–Kier alpha value is -2.99. The largest absolute Gasteiger partial charge is 0.378 e. The van der Waals surface area contributed by atoms with Crippen LogP contribution < -0.4 is 9.80 Å². The zero-order valence-electron chi connectivity index (χ0n) is 19.8. The third-order valence-corrected chi connectivity index (χ3v) is 5.48. The van der Waals surface area contributed by atoms with Crippen molar-refractivity contribution in [2.45, 2.75) is 44.3 Å². The van der Waals surface area contributed by atoms with E-state index in [-0.39, 0.29) is 6.10 Å². The number of nitrogens with zero attached hydrogens (tertiary/aromatic N) is 5. The second-order valence-electron chi connectivity index (χ2n) is 8.95. The lowest BCUT2D eigenvalue weighted by Crippen LogP contribution is -2.34. The van der Waals surface area contributed by atoms with Crippen LogP contribution in [0, 0.1) is 0 Å². The molecule has 0 unspecified atom stereocenters. The van der Waals surface area contributed by atoms with Crippen molar-refractivity contribution in [2.75, 3.05) is 38.0 Å². The Morgan fingerprint density at radius 3 is 2.34 bits per heavy atom. The lowest BCUT2D eigenvalue weighted by molar-refractivity contribution is -0.144. The Bertz CT molecular complexity index is 995. The van der Waals surface area contributed by atoms with E-state index in [0.717, 1.165) is 22.5 Å². The van der Waals surface area contributed by atoms with Gasteiger partial charge in [-0.15, -0.1) is 0 Å². The minimum Gasteiger partial charge on any atom is -0.378 e. The van der Waals surface area contributed by atoms with Gasteiger partial charge in [-0.1, -0.05) is 41.5 Å². The first-order chi connectivity index (χ1) is 15.2. The van der Waals surface area contributed by atoms with E-state index in [2.05, 4.69) is 50.2 Å².